The maximum atomic E-state index is 2.49. The molecule has 490 valence electrons. The third-order valence-electron chi connectivity index (χ3n) is 23.3. The first-order chi connectivity index (χ1) is 50.3. The van der Waals surface area contributed by atoms with Crippen molar-refractivity contribution >= 4 is 77.7 Å². The van der Waals surface area contributed by atoms with Gasteiger partial charge in [0.25, 0.3) is 0 Å². The van der Waals surface area contributed by atoms with Crippen molar-refractivity contribution in [3.05, 3.63) is 373 Å². The molecule has 0 amide bonds. The summed E-state index contributed by atoms with van der Waals surface area (Å²) in [5.74, 6) is 0. The first-order valence-corrected chi connectivity index (χ1v) is 36.2. The van der Waals surface area contributed by atoms with Crippen molar-refractivity contribution in [2.75, 3.05) is 9.80 Å². The minimum absolute atomic E-state index is 0.123. The Morgan fingerprint density at radius 2 is 0.515 bits per heavy atom. The van der Waals surface area contributed by atoms with Crippen LogP contribution in [0.25, 0.3) is 122 Å². The zero-order valence-electron chi connectivity index (χ0n) is 58.6. The van der Waals surface area contributed by atoms with Crippen molar-refractivity contribution < 1.29 is 0 Å². The minimum Gasteiger partial charge on any atom is -0.310 e. The van der Waals surface area contributed by atoms with E-state index in [-0.39, 0.29) is 16.2 Å². The fourth-order valence-electron chi connectivity index (χ4n) is 18.0. The van der Waals surface area contributed by atoms with Crippen molar-refractivity contribution in [3.8, 4) is 78.1 Å². The minimum atomic E-state index is -0.288. The molecule has 0 bridgehead atoms. The Morgan fingerprint density at radius 3 is 1.04 bits per heavy atom. The van der Waals surface area contributed by atoms with Crippen molar-refractivity contribution in [1.29, 1.82) is 0 Å². The summed E-state index contributed by atoms with van der Waals surface area (Å²) in [6.07, 6.45) is 0. The topological polar surface area (TPSA) is 16.3 Å². The standard InChI is InChI=1S/C99H74N4/c1-97(2)87-36-21-19-34-77(87)83-59-85-81-52-48-75(57-93(81)102(95(85)61-91(83)97)70-30-15-9-16-31-70)100(72-43-38-64(39-44-72)63-24-11-7-12-25-63)73-45-40-65(41-46-73)66-26-23-27-67(54-66)68-42-50-79-80-51-47-74(56-90(80)99(5,6)89(79)55-68)101(69-28-13-8-14-29-69)76-49-53-82-86-60-84-78-35-20-22-37-88(78)98(3,4)92(84)62-96(86)103(94(82)58-76)71-32-17-10-18-33-71/h7-62H,1-6H3. The third-order valence-corrected chi connectivity index (χ3v) is 23.3. The Morgan fingerprint density at radius 1 is 0.194 bits per heavy atom. The van der Waals surface area contributed by atoms with Gasteiger partial charge in [0.15, 0.2) is 0 Å². The Labute approximate surface area is 601 Å². The van der Waals surface area contributed by atoms with Gasteiger partial charge >= 0.3 is 0 Å². The molecule has 0 fully saturated rings. The number of rotatable bonds is 11. The second kappa shape index (κ2) is 22.8. The molecule has 0 radical (unpaired) electrons. The van der Waals surface area contributed by atoms with Crippen LogP contribution in [-0.2, 0) is 16.2 Å². The highest BCUT2D eigenvalue weighted by Crippen LogP contribution is 2.56. The fourth-order valence-corrected chi connectivity index (χ4v) is 18.0. The largest absolute Gasteiger partial charge is 0.310 e. The van der Waals surface area contributed by atoms with Gasteiger partial charge in [-0.15, -0.1) is 0 Å². The Bertz CT molecular complexity index is 6290. The van der Waals surface area contributed by atoms with Crippen molar-refractivity contribution in [1.82, 2.24) is 9.13 Å². The number of para-hydroxylation sites is 3. The van der Waals surface area contributed by atoms with E-state index in [9.17, 15) is 0 Å². The van der Waals surface area contributed by atoms with Gasteiger partial charge in [-0.1, -0.05) is 248 Å². The lowest BCUT2D eigenvalue weighted by molar-refractivity contribution is 0.660. The maximum Gasteiger partial charge on any atom is 0.0561 e. The molecule has 0 saturated heterocycles. The summed E-state index contributed by atoms with van der Waals surface area (Å²) in [7, 11) is 0. The lowest BCUT2D eigenvalue weighted by Crippen LogP contribution is -2.16. The Kier molecular flexibility index (Phi) is 13.4. The first-order valence-electron chi connectivity index (χ1n) is 36.2. The molecule has 4 heteroatoms. The molecule has 0 aliphatic heterocycles. The highest BCUT2D eigenvalue weighted by molar-refractivity contribution is 6.14. The molecule has 4 nitrogen and oxygen atoms in total. The predicted octanol–water partition coefficient (Wildman–Crippen LogP) is 26.7. The number of hydrogen-bond acceptors (Lipinski definition) is 2. The average molecular weight is 1320 g/mol. The van der Waals surface area contributed by atoms with Crippen LogP contribution < -0.4 is 9.80 Å². The van der Waals surface area contributed by atoms with E-state index in [2.05, 4.69) is 400 Å². The van der Waals surface area contributed by atoms with Gasteiger partial charge < -0.3 is 18.9 Å². The third kappa shape index (κ3) is 9.30. The molecule has 2 aromatic heterocycles. The maximum absolute atomic E-state index is 2.49. The van der Waals surface area contributed by atoms with E-state index in [1.807, 2.05) is 0 Å². The van der Waals surface area contributed by atoms with E-state index in [1.54, 1.807) is 0 Å². The van der Waals surface area contributed by atoms with Crippen LogP contribution >= 0.6 is 0 Å². The molecule has 20 rings (SSSR count). The molecular formula is C99H74N4. The van der Waals surface area contributed by atoms with Gasteiger partial charge in [-0.2, -0.15) is 0 Å². The molecule has 0 atom stereocenters. The van der Waals surface area contributed by atoms with Gasteiger partial charge in [-0.3, -0.25) is 0 Å². The molecule has 17 aromatic rings. The molecule has 3 aliphatic rings. The van der Waals surface area contributed by atoms with Crippen molar-refractivity contribution in [2.24, 2.45) is 0 Å². The van der Waals surface area contributed by atoms with Crippen LogP contribution in [0.5, 0.6) is 0 Å². The van der Waals surface area contributed by atoms with Gasteiger partial charge in [0.2, 0.25) is 0 Å². The number of nitrogens with zero attached hydrogens (tertiary/aromatic N) is 4. The van der Waals surface area contributed by atoms with E-state index in [1.165, 1.54) is 138 Å². The summed E-state index contributed by atoms with van der Waals surface area (Å²) in [4.78, 5) is 4.87. The Hall–Kier alpha value is -12.5. The summed E-state index contributed by atoms with van der Waals surface area (Å²) < 4.78 is 4.97. The van der Waals surface area contributed by atoms with Crippen LogP contribution in [0.2, 0.25) is 0 Å². The molecule has 15 aromatic carbocycles. The zero-order chi connectivity index (χ0) is 69.0. The lowest BCUT2D eigenvalue weighted by Gasteiger charge is -2.28. The smallest absolute Gasteiger partial charge is 0.0561 e. The number of aromatic nitrogens is 2. The monoisotopic (exact) mass is 1320 g/mol. The first kappa shape index (κ1) is 60.5. The zero-order valence-corrected chi connectivity index (χ0v) is 58.6. The van der Waals surface area contributed by atoms with E-state index < -0.39 is 0 Å². The molecule has 0 unspecified atom stereocenters. The van der Waals surface area contributed by atoms with Crippen molar-refractivity contribution in [2.45, 2.75) is 57.8 Å². The molecule has 2 heterocycles. The van der Waals surface area contributed by atoms with E-state index >= 15 is 0 Å². The van der Waals surface area contributed by atoms with E-state index in [4.69, 9.17) is 0 Å². The molecule has 0 N–H and O–H groups in total. The Balaban J connectivity index is 0.644. The summed E-state index contributed by atoms with van der Waals surface area (Å²) in [6, 6.07) is 127. The van der Waals surface area contributed by atoms with E-state index in [0.29, 0.717) is 0 Å². The highest BCUT2D eigenvalue weighted by Gasteiger charge is 2.40. The van der Waals surface area contributed by atoms with Gasteiger partial charge in [0.05, 0.1) is 22.1 Å². The van der Waals surface area contributed by atoms with Crippen LogP contribution in [0, 0.1) is 0 Å². The molecule has 3 aliphatic carbocycles. The molecule has 0 spiro atoms. The number of anilines is 6. The normalized spacial score (nSPS) is 14.0. The summed E-state index contributed by atoms with van der Waals surface area (Å²) in [6.45, 7) is 14.3. The molecule has 0 saturated carbocycles. The lowest BCUT2D eigenvalue weighted by atomic mass is 9.81. The van der Waals surface area contributed by atoms with Crippen LogP contribution in [-0.4, -0.2) is 9.13 Å². The van der Waals surface area contributed by atoms with Gasteiger partial charge in [-0.25, -0.2) is 0 Å². The number of fused-ring (bicyclic) bond motifs is 15. The van der Waals surface area contributed by atoms with Crippen molar-refractivity contribution in [3.63, 3.8) is 0 Å². The molecule has 103 heavy (non-hydrogen) atoms. The fraction of sp³-hybridized carbons (Fsp3) is 0.0909. The average Bonchev–Trinajstić information content (AvgIpc) is 1.56. The highest BCUT2D eigenvalue weighted by atomic mass is 15.2. The van der Waals surface area contributed by atoms with Gasteiger partial charge in [-0.05, 0) is 234 Å². The summed E-state index contributed by atoms with van der Waals surface area (Å²) >= 11 is 0. The molecular weight excluding hydrogens is 1250 g/mol. The van der Waals surface area contributed by atoms with Gasteiger partial charge in [0, 0.05) is 83.3 Å². The van der Waals surface area contributed by atoms with Crippen LogP contribution in [0.3, 0.4) is 0 Å². The predicted molar refractivity (Wildman–Crippen MR) is 433 cm³/mol. The van der Waals surface area contributed by atoms with E-state index in [0.717, 1.165) is 51.1 Å². The number of benzene rings is 15. The second-order valence-electron chi connectivity index (χ2n) is 30.1. The van der Waals surface area contributed by atoms with Crippen LogP contribution in [0.1, 0.15) is 74.9 Å². The van der Waals surface area contributed by atoms with Crippen LogP contribution in [0.4, 0.5) is 34.1 Å². The SMILES string of the molecule is CC1(C)c2cc(-c3cccc(-c4ccc(N(c5ccc(-c6ccccc6)cc5)c5ccc6c7cc8c(cc7n(-c7ccccc7)c6c5)C(C)(C)c5ccccc5-8)cc4)c3)ccc2-c2ccc(N(c3ccccc3)c3ccc4c5cc6c(cc5n(-c5ccccc5)c4c3)C(C)(C)c3ccccc3-6)cc21. The summed E-state index contributed by atoms with van der Waals surface area (Å²) in [5, 5.41) is 4.98. The number of hydrogen-bond donors (Lipinski definition) is 0. The summed E-state index contributed by atoms with van der Waals surface area (Å²) in [5.41, 5.74) is 36.3. The second-order valence-corrected chi connectivity index (χ2v) is 30.1. The van der Waals surface area contributed by atoms with Gasteiger partial charge in [0.1, 0.15) is 0 Å². The quantitative estimate of drug-likeness (QED) is 0.128. The van der Waals surface area contributed by atoms with Crippen LogP contribution in [0.15, 0.2) is 340 Å².